The molecule has 1 unspecified atom stereocenters. The number of rotatable bonds is 16. The molecule has 218 valence electrons. The van der Waals surface area contributed by atoms with Gasteiger partial charge in [0.05, 0.1) is 18.2 Å². The molecule has 0 aliphatic rings. The molecule has 0 aliphatic carbocycles. The van der Waals surface area contributed by atoms with Crippen LogP contribution in [0.15, 0.2) is 77.8 Å². The van der Waals surface area contributed by atoms with Crippen molar-refractivity contribution in [3.8, 4) is 17.4 Å². The first-order chi connectivity index (χ1) is 19.0. The summed E-state index contributed by atoms with van der Waals surface area (Å²) in [6.07, 6.45) is 2.41. The summed E-state index contributed by atoms with van der Waals surface area (Å²) in [4.78, 5) is 14.5. The first-order valence-corrected chi connectivity index (χ1v) is 16.2. The molecule has 40 heavy (non-hydrogen) atoms. The zero-order chi connectivity index (χ0) is 29.2. The van der Waals surface area contributed by atoms with Crippen LogP contribution >= 0.6 is 7.60 Å². The average Bonchev–Trinajstić information content (AvgIpc) is 2.92. The van der Waals surface area contributed by atoms with E-state index in [1.165, 1.54) is 11.4 Å². The molecule has 3 aromatic rings. The van der Waals surface area contributed by atoms with Gasteiger partial charge in [0.1, 0.15) is 18.1 Å². The minimum absolute atomic E-state index is 0.0408. The van der Waals surface area contributed by atoms with Crippen molar-refractivity contribution in [3.63, 3.8) is 0 Å². The Morgan fingerprint density at radius 3 is 2.33 bits per heavy atom. The van der Waals surface area contributed by atoms with Crippen LogP contribution in [-0.2, 0) is 21.0 Å². The molecule has 0 fully saturated rings. The second-order valence-electron chi connectivity index (χ2n) is 9.80. The zero-order valence-corrected chi connectivity index (χ0v) is 24.8. The number of hydrogen-bond donors (Lipinski definition) is 2. The molecule has 10 nitrogen and oxygen atoms in total. The molecule has 2 atom stereocenters. The van der Waals surface area contributed by atoms with E-state index in [2.05, 4.69) is 4.98 Å². The minimum Gasteiger partial charge on any atom is -0.497 e. The third kappa shape index (κ3) is 9.91. The first-order valence-electron chi connectivity index (χ1n) is 13.0. The molecule has 3 rings (SSSR count). The first kappa shape index (κ1) is 31.6. The van der Waals surface area contributed by atoms with E-state index < -0.39 is 17.6 Å². The largest absolute Gasteiger partial charge is 0.497 e. The van der Waals surface area contributed by atoms with E-state index in [0.29, 0.717) is 36.8 Å². The molecular formula is C28H38N3O7PS. The number of aromatic nitrogens is 1. The van der Waals surface area contributed by atoms with E-state index in [9.17, 15) is 17.9 Å². The maximum atomic E-state index is 13.3. The normalized spacial score (nSPS) is 14.1. The van der Waals surface area contributed by atoms with Crippen molar-refractivity contribution in [2.24, 2.45) is 11.7 Å². The van der Waals surface area contributed by atoms with Crippen molar-refractivity contribution < 1.29 is 31.9 Å². The van der Waals surface area contributed by atoms with Gasteiger partial charge in [-0.25, -0.2) is 18.0 Å². The highest BCUT2D eigenvalue weighted by Crippen LogP contribution is 2.42. The van der Waals surface area contributed by atoms with Crippen molar-refractivity contribution in [2.75, 3.05) is 33.0 Å². The van der Waals surface area contributed by atoms with Gasteiger partial charge in [-0.3, -0.25) is 0 Å². The number of hydrogen-bond acceptors (Lipinski definition) is 8. The van der Waals surface area contributed by atoms with Gasteiger partial charge in [-0.05, 0) is 60.7 Å². The van der Waals surface area contributed by atoms with E-state index in [1.807, 2.05) is 19.9 Å². The monoisotopic (exact) mass is 591 g/mol. The van der Waals surface area contributed by atoms with Crippen molar-refractivity contribution in [1.29, 1.82) is 0 Å². The second kappa shape index (κ2) is 14.6. The maximum Gasteiger partial charge on any atom is 0.380 e. The molecule has 0 saturated heterocycles. The maximum absolute atomic E-state index is 13.3. The van der Waals surface area contributed by atoms with Crippen LogP contribution in [0.2, 0.25) is 0 Å². The SMILES string of the molecule is COc1ccc(S(=O)(=O)N(CC[C@@H](N)Cc2ccc(OCCP(=O)(O)Oc3ccccc3)nc2)CC(C)C)cc1. The summed E-state index contributed by atoms with van der Waals surface area (Å²) in [6.45, 7) is 4.57. The Bertz CT molecular complexity index is 1340. The van der Waals surface area contributed by atoms with Gasteiger partial charge in [0.25, 0.3) is 0 Å². The van der Waals surface area contributed by atoms with E-state index in [4.69, 9.17) is 19.7 Å². The second-order valence-corrected chi connectivity index (χ2v) is 13.6. The van der Waals surface area contributed by atoms with Gasteiger partial charge in [0.2, 0.25) is 15.9 Å². The number of sulfonamides is 1. The van der Waals surface area contributed by atoms with Crippen LogP contribution in [0.5, 0.6) is 17.4 Å². The lowest BCUT2D eigenvalue weighted by atomic mass is 10.1. The number of nitrogens with zero attached hydrogens (tertiary/aromatic N) is 2. The fraction of sp³-hybridized carbons (Fsp3) is 0.393. The highest BCUT2D eigenvalue weighted by atomic mass is 32.2. The summed E-state index contributed by atoms with van der Waals surface area (Å²) in [6, 6.07) is 18.0. The molecule has 1 aromatic heterocycles. The topological polar surface area (TPSA) is 141 Å². The number of ether oxygens (including phenoxy) is 2. The van der Waals surface area contributed by atoms with Gasteiger partial charge in [-0.1, -0.05) is 38.1 Å². The van der Waals surface area contributed by atoms with Crippen LogP contribution in [0.25, 0.3) is 0 Å². The molecule has 0 radical (unpaired) electrons. The lowest BCUT2D eigenvalue weighted by Crippen LogP contribution is -2.38. The van der Waals surface area contributed by atoms with Gasteiger partial charge in [-0.2, -0.15) is 4.31 Å². The lowest BCUT2D eigenvalue weighted by molar-refractivity contribution is 0.309. The number of pyridine rings is 1. The summed E-state index contributed by atoms with van der Waals surface area (Å²) in [5.41, 5.74) is 7.23. The zero-order valence-electron chi connectivity index (χ0n) is 23.0. The van der Waals surface area contributed by atoms with Crippen LogP contribution < -0.4 is 19.7 Å². The van der Waals surface area contributed by atoms with Gasteiger partial charge < -0.3 is 24.6 Å². The van der Waals surface area contributed by atoms with Crippen LogP contribution in [0.1, 0.15) is 25.8 Å². The molecule has 1 heterocycles. The number of benzene rings is 2. The lowest BCUT2D eigenvalue weighted by Gasteiger charge is -2.25. The van der Waals surface area contributed by atoms with E-state index in [1.54, 1.807) is 66.9 Å². The summed E-state index contributed by atoms with van der Waals surface area (Å²) in [5, 5.41) is 0. The molecule has 0 aliphatic heterocycles. The summed E-state index contributed by atoms with van der Waals surface area (Å²) >= 11 is 0. The Labute approximate surface area is 236 Å². The van der Waals surface area contributed by atoms with Gasteiger partial charge in [-0.15, -0.1) is 0 Å². The Kier molecular flexibility index (Phi) is 11.5. The standard InChI is InChI=1S/C28H38N3O7PS/c1-22(2)21-31(40(34,35)27-12-10-25(36-3)11-13-27)16-15-24(29)19-23-9-14-28(30-20-23)37-17-18-39(32,33)38-26-7-5-4-6-8-26/h4-14,20,22,24H,15-19,21,29H2,1-3H3,(H,32,33)/t24-/m1/s1. The molecule has 2 aromatic carbocycles. The van der Waals surface area contributed by atoms with Crippen LogP contribution in [0.3, 0.4) is 0 Å². The fourth-order valence-electron chi connectivity index (χ4n) is 3.90. The average molecular weight is 592 g/mol. The molecule has 3 N–H and O–H groups in total. The van der Waals surface area contributed by atoms with E-state index in [0.717, 1.165) is 5.56 Å². The highest BCUT2D eigenvalue weighted by Gasteiger charge is 2.26. The Hall–Kier alpha value is -2.95. The van der Waals surface area contributed by atoms with Crippen molar-refractivity contribution >= 4 is 17.6 Å². The smallest absolute Gasteiger partial charge is 0.380 e. The van der Waals surface area contributed by atoms with Gasteiger partial charge in [0.15, 0.2) is 0 Å². The Balaban J connectivity index is 1.50. The van der Waals surface area contributed by atoms with Crippen LogP contribution in [0.4, 0.5) is 0 Å². The summed E-state index contributed by atoms with van der Waals surface area (Å²) in [7, 11) is -6.02. The van der Waals surface area contributed by atoms with Crippen molar-refractivity contribution in [3.05, 3.63) is 78.5 Å². The molecule has 0 saturated carbocycles. The predicted molar refractivity (Wildman–Crippen MR) is 154 cm³/mol. The molecular weight excluding hydrogens is 553 g/mol. The molecule has 0 spiro atoms. The van der Waals surface area contributed by atoms with E-state index in [-0.39, 0.29) is 36.2 Å². The van der Waals surface area contributed by atoms with Crippen LogP contribution in [-0.4, -0.2) is 61.6 Å². The Morgan fingerprint density at radius 2 is 1.73 bits per heavy atom. The van der Waals surface area contributed by atoms with E-state index >= 15 is 0 Å². The molecule has 0 amide bonds. The summed E-state index contributed by atoms with van der Waals surface area (Å²) in [5.74, 6) is 1.36. The fourth-order valence-corrected chi connectivity index (χ4v) is 6.39. The number of nitrogens with two attached hydrogens (primary N) is 1. The quantitative estimate of drug-likeness (QED) is 0.233. The number of methoxy groups -OCH3 is 1. The van der Waals surface area contributed by atoms with Crippen LogP contribution in [0, 0.1) is 5.92 Å². The van der Waals surface area contributed by atoms with Crippen molar-refractivity contribution in [2.45, 2.75) is 37.6 Å². The number of para-hydroxylation sites is 1. The molecule has 12 heteroatoms. The molecule has 0 bridgehead atoms. The van der Waals surface area contributed by atoms with Gasteiger partial charge in [0, 0.05) is 31.4 Å². The summed E-state index contributed by atoms with van der Waals surface area (Å²) < 4.78 is 56.2. The third-order valence-corrected chi connectivity index (χ3v) is 9.05. The minimum atomic E-state index is -3.86. The van der Waals surface area contributed by atoms with Gasteiger partial charge >= 0.3 is 7.60 Å². The van der Waals surface area contributed by atoms with Crippen molar-refractivity contribution in [1.82, 2.24) is 9.29 Å². The highest BCUT2D eigenvalue weighted by molar-refractivity contribution is 7.89. The predicted octanol–water partition coefficient (Wildman–Crippen LogP) is 4.34. The third-order valence-electron chi connectivity index (χ3n) is 5.93. The Morgan fingerprint density at radius 1 is 1.02 bits per heavy atom.